The zero-order chi connectivity index (χ0) is 19.2. The van der Waals surface area contributed by atoms with Crippen LogP contribution in [0.15, 0.2) is 12.1 Å². The van der Waals surface area contributed by atoms with Crippen molar-refractivity contribution >= 4 is 31.5 Å². The van der Waals surface area contributed by atoms with Crippen LogP contribution in [0.3, 0.4) is 0 Å². The number of nitriles is 1. The molecule has 0 saturated carbocycles. The van der Waals surface area contributed by atoms with Gasteiger partial charge in [0.25, 0.3) is 0 Å². The van der Waals surface area contributed by atoms with Crippen molar-refractivity contribution in [1.29, 1.82) is 5.26 Å². The maximum Gasteiger partial charge on any atom is 0.229 e. The van der Waals surface area contributed by atoms with E-state index >= 15 is 0 Å². The van der Waals surface area contributed by atoms with Crippen LogP contribution in [-0.2, 0) is 9.22 Å². The van der Waals surface area contributed by atoms with Crippen LogP contribution in [0.2, 0.25) is 23.2 Å². The Hall–Kier alpha value is -1.35. The number of rotatable bonds is 3. The van der Waals surface area contributed by atoms with Gasteiger partial charge in [-0.1, -0.05) is 32.4 Å². The number of hydrogen-bond donors (Lipinski definition) is 0. The molecule has 0 aromatic heterocycles. The summed E-state index contributed by atoms with van der Waals surface area (Å²) in [6.45, 7) is 14.9. The van der Waals surface area contributed by atoms with Crippen molar-refractivity contribution in [2.45, 2.75) is 71.3 Å². The molecule has 2 unspecified atom stereocenters. The first-order valence-corrected chi connectivity index (χ1v) is 11.9. The van der Waals surface area contributed by atoms with Gasteiger partial charge in [-0.05, 0) is 49.7 Å². The summed E-state index contributed by atoms with van der Waals surface area (Å²) in [5, 5.41) is 9.62. The van der Waals surface area contributed by atoms with Crippen molar-refractivity contribution in [1.82, 2.24) is 0 Å². The molecular formula is C19H27ClN2O2Si. The van der Waals surface area contributed by atoms with Gasteiger partial charge in [-0.2, -0.15) is 5.26 Å². The third-order valence-electron chi connectivity index (χ3n) is 5.58. The van der Waals surface area contributed by atoms with Crippen LogP contribution in [0.4, 0.5) is 5.69 Å². The lowest BCUT2D eigenvalue weighted by atomic mass is 10.1. The fraction of sp³-hybridized carbons (Fsp3) is 0.579. The van der Waals surface area contributed by atoms with Crippen LogP contribution < -0.4 is 4.90 Å². The normalized spacial score (nSPS) is 21.6. The molecule has 1 aliphatic heterocycles. The highest BCUT2D eigenvalue weighted by Crippen LogP contribution is 2.41. The predicted octanol–water partition coefficient (Wildman–Crippen LogP) is 5.04. The molecule has 1 saturated heterocycles. The molecular weight excluding hydrogens is 352 g/mol. The summed E-state index contributed by atoms with van der Waals surface area (Å²) in [6.07, 6.45) is 0.257. The minimum Gasteiger partial charge on any atom is -0.411 e. The third kappa shape index (κ3) is 3.62. The van der Waals surface area contributed by atoms with Gasteiger partial charge in [0.15, 0.2) is 8.32 Å². The second-order valence-corrected chi connectivity index (χ2v) is 13.4. The summed E-state index contributed by atoms with van der Waals surface area (Å²) in [5.74, 6) is 0.0417. The van der Waals surface area contributed by atoms with E-state index in [1.165, 1.54) is 0 Å². The Morgan fingerprint density at radius 1 is 1.36 bits per heavy atom. The summed E-state index contributed by atoms with van der Waals surface area (Å²) in [7, 11) is -1.96. The van der Waals surface area contributed by atoms with Crippen LogP contribution in [0.5, 0.6) is 0 Å². The molecule has 1 aliphatic rings. The molecule has 0 N–H and O–H groups in total. The van der Waals surface area contributed by atoms with Gasteiger partial charge >= 0.3 is 0 Å². The van der Waals surface area contributed by atoms with E-state index < -0.39 is 8.32 Å². The molecule has 4 nitrogen and oxygen atoms in total. The van der Waals surface area contributed by atoms with Gasteiger partial charge in [0.05, 0.1) is 29.2 Å². The lowest BCUT2D eigenvalue weighted by Gasteiger charge is -2.39. The molecule has 1 fully saturated rings. The van der Waals surface area contributed by atoms with Crippen molar-refractivity contribution in [2.75, 3.05) is 4.90 Å². The lowest BCUT2D eigenvalue weighted by Crippen LogP contribution is -2.47. The summed E-state index contributed by atoms with van der Waals surface area (Å²) < 4.78 is 6.50. The lowest BCUT2D eigenvalue weighted by molar-refractivity contribution is -0.117. The Morgan fingerprint density at radius 3 is 2.48 bits per heavy atom. The molecule has 2 atom stereocenters. The number of benzene rings is 1. The quantitative estimate of drug-likeness (QED) is 0.692. The number of anilines is 1. The van der Waals surface area contributed by atoms with Gasteiger partial charge in [-0.25, -0.2) is 0 Å². The van der Waals surface area contributed by atoms with Gasteiger partial charge in [0.2, 0.25) is 5.91 Å². The standard InChI is InChI=1S/C19H27ClN2O2Si/c1-12-15(9-8-14(11-21)18(12)20)22-13(2)16(10-17(22)23)24-25(6,7)19(3,4)5/h8-9,13,16H,10H2,1-7H3. The fourth-order valence-electron chi connectivity index (χ4n) is 2.91. The molecule has 136 valence electrons. The van der Waals surface area contributed by atoms with Crippen LogP contribution in [0.1, 0.15) is 45.2 Å². The highest BCUT2D eigenvalue weighted by molar-refractivity contribution is 6.74. The van der Waals surface area contributed by atoms with Gasteiger partial charge in [-0.15, -0.1) is 0 Å². The third-order valence-corrected chi connectivity index (χ3v) is 10.6. The molecule has 1 heterocycles. The monoisotopic (exact) mass is 378 g/mol. The number of amides is 1. The largest absolute Gasteiger partial charge is 0.411 e. The number of nitrogens with zero attached hydrogens (tertiary/aromatic N) is 2. The topological polar surface area (TPSA) is 53.3 Å². The first kappa shape index (κ1) is 20.0. The van der Waals surface area contributed by atoms with Gasteiger partial charge in [0, 0.05) is 5.69 Å². The molecule has 25 heavy (non-hydrogen) atoms. The van der Waals surface area contributed by atoms with Crippen molar-refractivity contribution in [3.05, 3.63) is 28.3 Å². The van der Waals surface area contributed by atoms with Crippen molar-refractivity contribution in [3.8, 4) is 6.07 Å². The zero-order valence-electron chi connectivity index (χ0n) is 16.1. The van der Waals surface area contributed by atoms with Gasteiger partial charge < -0.3 is 9.33 Å². The highest BCUT2D eigenvalue weighted by Gasteiger charge is 2.45. The fourth-order valence-corrected chi connectivity index (χ4v) is 4.50. The molecule has 0 spiro atoms. The van der Waals surface area contributed by atoms with E-state index in [1.807, 2.05) is 19.9 Å². The number of carbonyl (C=O) groups excluding carboxylic acids is 1. The number of carbonyl (C=O) groups is 1. The van der Waals surface area contributed by atoms with E-state index in [2.05, 4.69) is 39.9 Å². The minimum atomic E-state index is -1.96. The summed E-state index contributed by atoms with van der Waals surface area (Å²) in [4.78, 5) is 14.5. The first-order valence-electron chi connectivity index (χ1n) is 8.60. The summed E-state index contributed by atoms with van der Waals surface area (Å²) >= 11 is 6.29. The van der Waals surface area contributed by atoms with E-state index in [0.717, 1.165) is 11.3 Å². The van der Waals surface area contributed by atoms with Gasteiger partial charge in [-0.3, -0.25) is 4.79 Å². The van der Waals surface area contributed by atoms with Crippen molar-refractivity contribution in [2.24, 2.45) is 0 Å². The molecule has 0 bridgehead atoms. The van der Waals surface area contributed by atoms with Crippen molar-refractivity contribution in [3.63, 3.8) is 0 Å². The Labute approximate surface area is 156 Å². The predicted molar refractivity (Wildman–Crippen MR) is 105 cm³/mol. The summed E-state index contributed by atoms with van der Waals surface area (Å²) in [5.41, 5.74) is 1.95. The highest BCUT2D eigenvalue weighted by atomic mass is 35.5. The SMILES string of the molecule is Cc1c(N2C(=O)CC(O[Si](C)(C)C(C)(C)C)C2C)ccc(C#N)c1Cl. The van der Waals surface area contributed by atoms with Crippen LogP contribution >= 0.6 is 11.6 Å². The zero-order valence-corrected chi connectivity index (χ0v) is 17.9. The molecule has 2 rings (SSSR count). The maximum absolute atomic E-state index is 12.7. The number of halogens is 1. The molecule has 0 aliphatic carbocycles. The van der Waals surface area contributed by atoms with E-state index in [0.29, 0.717) is 17.0 Å². The van der Waals surface area contributed by atoms with E-state index in [1.54, 1.807) is 11.0 Å². The second kappa shape index (κ2) is 6.75. The molecule has 1 aromatic carbocycles. The van der Waals surface area contributed by atoms with Gasteiger partial charge in [0.1, 0.15) is 6.07 Å². The van der Waals surface area contributed by atoms with Crippen LogP contribution in [-0.4, -0.2) is 26.4 Å². The Morgan fingerprint density at radius 2 is 1.96 bits per heavy atom. The van der Waals surface area contributed by atoms with Crippen molar-refractivity contribution < 1.29 is 9.22 Å². The average molecular weight is 379 g/mol. The maximum atomic E-state index is 12.7. The second-order valence-electron chi connectivity index (χ2n) is 8.31. The molecule has 1 amide bonds. The van der Waals surface area contributed by atoms with E-state index in [4.69, 9.17) is 21.3 Å². The minimum absolute atomic E-state index is 0.0417. The Bertz CT molecular complexity index is 734. The molecule has 6 heteroatoms. The first-order chi connectivity index (χ1) is 11.4. The van der Waals surface area contributed by atoms with Crippen LogP contribution in [0, 0.1) is 18.3 Å². The number of hydrogen-bond acceptors (Lipinski definition) is 3. The smallest absolute Gasteiger partial charge is 0.229 e. The van der Waals surface area contributed by atoms with E-state index in [9.17, 15) is 4.79 Å². The Kier molecular flexibility index (Phi) is 5.39. The Balaban J connectivity index is 2.33. The van der Waals surface area contributed by atoms with Crippen LogP contribution in [0.25, 0.3) is 0 Å². The van der Waals surface area contributed by atoms with E-state index in [-0.39, 0.29) is 23.1 Å². The molecule has 1 aromatic rings. The molecule has 0 radical (unpaired) electrons. The summed E-state index contributed by atoms with van der Waals surface area (Å²) in [6, 6.07) is 5.49. The average Bonchev–Trinajstić information content (AvgIpc) is 2.75.